The van der Waals surface area contributed by atoms with Crippen molar-refractivity contribution in [1.82, 2.24) is 0 Å². The summed E-state index contributed by atoms with van der Waals surface area (Å²) in [7, 11) is 0. The van der Waals surface area contributed by atoms with Gasteiger partial charge in [-0.3, -0.25) is 4.79 Å². The van der Waals surface area contributed by atoms with E-state index in [2.05, 4.69) is 50.2 Å². The van der Waals surface area contributed by atoms with Crippen molar-refractivity contribution in [3.05, 3.63) is 118 Å². The van der Waals surface area contributed by atoms with Gasteiger partial charge < -0.3 is 0 Å². The van der Waals surface area contributed by atoms with Gasteiger partial charge in [0.05, 0.1) is 4.86 Å². The highest BCUT2D eigenvalue weighted by Crippen LogP contribution is 2.41. The molecule has 0 saturated carbocycles. The average Bonchev–Trinajstić information content (AvgIpc) is 2.86. The van der Waals surface area contributed by atoms with Crippen LogP contribution in [-0.4, -0.2) is 10.6 Å². The van der Waals surface area contributed by atoms with Gasteiger partial charge >= 0.3 is 0 Å². The zero-order valence-electron chi connectivity index (χ0n) is 18.3. The van der Waals surface area contributed by atoms with Gasteiger partial charge in [-0.25, -0.2) is 0 Å². The SMILES string of the molecule is CCc1cc(-c2ccccc2)c2c(c1CC)C(=O)c1cccc(-c3ccccc3)c1C2=S. The fraction of sp³-hybridized carbons (Fsp3) is 0.133. The molecule has 1 aliphatic rings. The van der Waals surface area contributed by atoms with E-state index >= 15 is 0 Å². The standard InChI is InChI=1S/C30H24OS/c1-3-19-18-25(21-14-9-6-10-15-21)28-27(22(19)4-2)29(31)24-17-11-16-23(26(24)30(28)32)20-12-7-5-8-13-20/h5-18H,3-4H2,1-2H3. The fourth-order valence-corrected chi connectivity index (χ4v) is 5.37. The maximum absolute atomic E-state index is 14.0. The molecule has 0 fully saturated rings. The molecule has 0 unspecified atom stereocenters. The van der Waals surface area contributed by atoms with Crippen molar-refractivity contribution in [1.29, 1.82) is 0 Å². The van der Waals surface area contributed by atoms with Crippen LogP contribution in [-0.2, 0) is 12.8 Å². The summed E-state index contributed by atoms with van der Waals surface area (Å²) in [4.78, 5) is 14.8. The van der Waals surface area contributed by atoms with Crippen LogP contribution in [0.5, 0.6) is 0 Å². The number of fused-ring (bicyclic) bond motifs is 2. The Bertz CT molecular complexity index is 1350. The zero-order valence-corrected chi connectivity index (χ0v) is 19.1. The molecule has 0 spiro atoms. The Kier molecular flexibility index (Phi) is 5.32. The third-order valence-electron chi connectivity index (χ3n) is 6.42. The molecule has 0 heterocycles. The molecule has 1 nitrogen and oxygen atoms in total. The first-order chi connectivity index (χ1) is 15.7. The first-order valence-corrected chi connectivity index (χ1v) is 11.6. The van der Waals surface area contributed by atoms with E-state index in [0.717, 1.165) is 62.2 Å². The number of thiocarbonyl (C=S) groups is 1. The lowest BCUT2D eigenvalue weighted by Gasteiger charge is -2.28. The lowest BCUT2D eigenvalue weighted by molar-refractivity contribution is 0.103. The average molecular weight is 433 g/mol. The van der Waals surface area contributed by atoms with Gasteiger partial charge in [0.2, 0.25) is 0 Å². The number of carbonyl (C=O) groups is 1. The number of aryl methyl sites for hydroxylation is 1. The van der Waals surface area contributed by atoms with Crippen molar-refractivity contribution in [3.63, 3.8) is 0 Å². The van der Waals surface area contributed by atoms with Crippen molar-refractivity contribution in [3.8, 4) is 22.3 Å². The number of benzene rings is 4. The molecule has 4 aromatic carbocycles. The minimum atomic E-state index is 0.0886. The molecule has 0 saturated heterocycles. The van der Waals surface area contributed by atoms with Crippen LogP contribution in [0, 0.1) is 0 Å². The Morgan fingerprint density at radius 3 is 1.81 bits per heavy atom. The number of hydrogen-bond acceptors (Lipinski definition) is 2. The smallest absolute Gasteiger partial charge is 0.194 e. The van der Waals surface area contributed by atoms with Crippen LogP contribution in [0.3, 0.4) is 0 Å². The van der Waals surface area contributed by atoms with Crippen LogP contribution < -0.4 is 0 Å². The summed E-state index contributed by atoms with van der Waals surface area (Å²) in [6, 6.07) is 28.7. The molecule has 1 aliphatic carbocycles. The van der Waals surface area contributed by atoms with Crippen LogP contribution in [0.2, 0.25) is 0 Å². The van der Waals surface area contributed by atoms with Crippen molar-refractivity contribution in [2.45, 2.75) is 26.7 Å². The summed E-state index contributed by atoms with van der Waals surface area (Å²) in [5.41, 5.74) is 9.91. The first kappa shape index (κ1) is 20.5. The van der Waals surface area contributed by atoms with Crippen molar-refractivity contribution < 1.29 is 4.79 Å². The molecular weight excluding hydrogens is 408 g/mol. The number of ketones is 1. The van der Waals surface area contributed by atoms with Gasteiger partial charge in [0.1, 0.15) is 0 Å². The molecule has 0 aliphatic heterocycles. The lowest BCUT2D eigenvalue weighted by Crippen LogP contribution is -2.24. The Morgan fingerprint density at radius 2 is 1.22 bits per heavy atom. The molecule has 5 rings (SSSR count). The normalized spacial score (nSPS) is 12.4. The van der Waals surface area contributed by atoms with Crippen LogP contribution in [0.15, 0.2) is 84.9 Å². The minimum absolute atomic E-state index is 0.0886. The van der Waals surface area contributed by atoms with Gasteiger partial charge in [-0.15, -0.1) is 0 Å². The van der Waals surface area contributed by atoms with Gasteiger partial charge in [-0.05, 0) is 46.2 Å². The van der Waals surface area contributed by atoms with E-state index in [0.29, 0.717) is 5.56 Å². The summed E-state index contributed by atoms with van der Waals surface area (Å²) in [6.07, 6.45) is 1.69. The molecule has 0 atom stereocenters. The third kappa shape index (κ3) is 3.14. The van der Waals surface area contributed by atoms with Gasteiger partial charge in [-0.1, -0.05) is 111 Å². The van der Waals surface area contributed by atoms with E-state index in [-0.39, 0.29) is 5.78 Å². The topological polar surface area (TPSA) is 17.1 Å². The maximum atomic E-state index is 14.0. The summed E-state index contributed by atoms with van der Waals surface area (Å²) >= 11 is 6.18. The second-order valence-corrected chi connectivity index (χ2v) is 8.55. The van der Waals surface area contributed by atoms with Crippen LogP contribution in [0.4, 0.5) is 0 Å². The monoisotopic (exact) mass is 432 g/mol. The molecule has 0 radical (unpaired) electrons. The lowest BCUT2D eigenvalue weighted by atomic mass is 9.75. The van der Waals surface area contributed by atoms with Gasteiger partial charge in [0, 0.05) is 22.3 Å². The summed E-state index contributed by atoms with van der Waals surface area (Å²) in [5.74, 6) is 0.0886. The van der Waals surface area contributed by atoms with Gasteiger partial charge in [0.25, 0.3) is 0 Å². The first-order valence-electron chi connectivity index (χ1n) is 11.2. The van der Waals surface area contributed by atoms with E-state index in [9.17, 15) is 4.79 Å². The van der Waals surface area contributed by atoms with Gasteiger partial charge in [-0.2, -0.15) is 0 Å². The molecule has 0 aromatic heterocycles. The molecule has 156 valence electrons. The van der Waals surface area contributed by atoms with E-state index < -0.39 is 0 Å². The largest absolute Gasteiger partial charge is 0.289 e. The van der Waals surface area contributed by atoms with Crippen molar-refractivity contribution in [2.24, 2.45) is 0 Å². The van der Waals surface area contributed by atoms with Crippen molar-refractivity contribution in [2.75, 3.05) is 0 Å². The fourth-order valence-electron chi connectivity index (χ4n) is 4.93. The Balaban J connectivity index is 1.86. The van der Waals surface area contributed by atoms with E-state index in [1.165, 1.54) is 5.56 Å². The van der Waals surface area contributed by atoms with E-state index in [1.54, 1.807) is 0 Å². The summed E-state index contributed by atoms with van der Waals surface area (Å²) in [5, 5.41) is 0. The zero-order chi connectivity index (χ0) is 22.2. The third-order valence-corrected chi connectivity index (χ3v) is 6.83. The molecule has 2 heteroatoms. The highest BCUT2D eigenvalue weighted by molar-refractivity contribution is 7.81. The summed E-state index contributed by atoms with van der Waals surface area (Å²) in [6.45, 7) is 4.28. The number of carbonyl (C=O) groups excluding carboxylic acids is 1. The molecule has 0 amide bonds. The molecule has 4 aromatic rings. The van der Waals surface area contributed by atoms with Crippen LogP contribution >= 0.6 is 12.2 Å². The maximum Gasteiger partial charge on any atom is 0.194 e. The highest BCUT2D eigenvalue weighted by Gasteiger charge is 2.34. The van der Waals surface area contributed by atoms with Crippen LogP contribution in [0.1, 0.15) is 52.0 Å². The van der Waals surface area contributed by atoms with Crippen LogP contribution in [0.25, 0.3) is 22.3 Å². The molecule has 0 N–H and O–H groups in total. The Morgan fingerprint density at radius 1 is 0.625 bits per heavy atom. The predicted octanol–water partition coefficient (Wildman–Crippen LogP) is 7.46. The molecular formula is C30H24OS. The molecule has 32 heavy (non-hydrogen) atoms. The number of hydrogen-bond donors (Lipinski definition) is 0. The Hall–Kier alpha value is -3.36. The van der Waals surface area contributed by atoms with Gasteiger partial charge in [0.15, 0.2) is 5.78 Å². The molecule has 0 bridgehead atoms. The number of rotatable bonds is 4. The van der Waals surface area contributed by atoms with Crippen molar-refractivity contribution >= 4 is 22.9 Å². The van der Waals surface area contributed by atoms with E-state index in [4.69, 9.17) is 12.2 Å². The quantitative estimate of drug-likeness (QED) is 0.274. The second-order valence-electron chi connectivity index (χ2n) is 8.14. The highest BCUT2D eigenvalue weighted by atomic mass is 32.1. The Labute approximate surface area is 194 Å². The summed E-state index contributed by atoms with van der Waals surface area (Å²) < 4.78 is 0. The van der Waals surface area contributed by atoms with E-state index in [1.807, 2.05) is 48.5 Å². The predicted molar refractivity (Wildman–Crippen MR) is 137 cm³/mol. The second kappa shape index (κ2) is 8.29. The minimum Gasteiger partial charge on any atom is -0.289 e.